The Kier molecular flexibility index (Phi) is 5.67. The van der Waals surface area contributed by atoms with E-state index in [0.29, 0.717) is 43.0 Å². The molecular formula is C21H24FN5O3S. The zero-order chi connectivity index (χ0) is 22.2. The summed E-state index contributed by atoms with van der Waals surface area (Å²) in [5.74, 6) is 0.161. The van der Waals surface area contributed by atoms with Crippen LogP contribution in [0.3, 0.4) is 0 Å². The van der Waals surface area contributed by atoms with Gasteiger partial charge in [-0.2, -0.15) is 0 Å². The van der Waals surface area contributed by atoms with Crippen LogP contribution in [0, 0.1) is 12.7 Å². The number of aromatic amines is 1. The van der Waals surface area contributed by atoms with Gasteiger partial charge in [-0.15, -0.1) is 0 Å². The van der Waals surface area contributed by atoms with E-state index in [0.717, 1.165) is 5.69 Å². The van der Waals surface area contributed by atoms with E-state index in [1.54, 1.807) is 26.1 Å². The second-order valence-electron chi connectivity index (χ2n) is 7.63. The quantitative estimate of drug-likeness (QED) is 0.557. The monoisotopic (exact) mass is 445 g/mol. The Hall–Kier alpha value is -2.98. The molecule has 1 aliphatic rings. The molecule has 0 unspecified atom stereocenters. The van der Waals surface area contributed by atoms with Crippen LogP contribution in [0.2, 0.25) is 0 Å². The van der Waals surface area contributed by atoms with E-state index in [2.05, 4.69) is 20.0 Å². The highest BCUT2D eigenvalue weighted by Gasteiger charge is 2.27. The number of sulfonamides is 1. The number of hydrogen-bond donors (Lipinski definition) is 3. The first-order valence-corrected chi connectivity index (χ1v) is 11.5. The Morgan fingerprint density at radius 3 is 2.61 bits per heavy atom. The molecule has 1 aromatic heterocycles. The van der Waals surface area contributed by atoms with Crippen molar-refractivity contribution >= 4 is 32.3 Å². The molecule has 1 fully saturated rings. The van der Waals surface area contributed by atoms with E-state index >= 15 is 0 Å². The summed E-state index contributed by atoms with van der Waals surface area (Å²) in [4.78, 5) is 21.2. The van der Waals surface area contributed by atoms with Gasteiger partial charge < -0.3 is 15.2 Å². The minimum absolute atomic E-state index is 0.00575. The topological polar surface area (TPSA) is 107 Å². The molecule has 0 amide bonds. The third kappa shape index (κ3) is 4.40. The van der Waals surface area contributed by atoms with Gasteiger partial charge in [0.2, 0.25) is 10.0 Å². The van der Waals surface area contributed by atoms with Gasteiger partial charge in [-0.25, -0.2) is 22.5 Å². The number of hydrogen-bond acceptors (Lipinski definition) is 6. The third-order valence-electron chi connectivity index (χ3n) is 5.47. The van der Waals surface area contributed by atoms with Crippen LogP contribution in [0.4, 0.5) is 15.8 Å². The maximum atomic E-state index is 13.5. The average molecular weight is 446 g/mol. The number of piperidine rings is 1. The molecule has 3 N–H and O–H groups in total. The summed E-state index contributed by atoms with van der Waals surface area (Å²) < 4.78 is 42.6. The lowest BCUT2D eigenvalue weighted by atomic mass is 10.1. The molecular weight excluding hydrogens is 421 g/mol. The third-order valence-corrected chi connectivity index (χ3v) is 7.03. The maximum absolute atomic E-state index is 13.5. The number of fused-ring (bicyclic) bond motifs is 1. The standard InChI is InChI=1S/C21H24FN5O3S/c1-13-24-18-12-19(23-2)20(11-17(18)21(28)25-13)31(29,30)26-15-6-8-27(9-7-15)16-5-3-4-14(22)10-16/h3-5,10-12,15,23,26H,6-9H2,1-2H3,(H,24,25,28). The maximum Gasteiger partial charge on any atom is 0.258 e. The number of nitrogens with zero attached hydrogens (tertiary/aromatic N) is 2. The van der Waals surface area contributed by atoms with E-state index in [4.69, 9.17) is 0 Å². The SMILES string of the molecule is CNc1cc2nc(C)[nH]c(=O)c2cc1S(=O)(=O)NC1CCN(c2cccc(F)c2)CC1. The number of anilines is 2. The van der Waals surface area contributed by atoms with Crippen LogP contribution in [0.25, 0.3) is 10.9 Å². The van der Waals surface area contributed by atoms with Crippen LogP contribution >= 0.6 is 0 Å². The molecule has 0 spiro atoms. The van der Waals surface area contributed by atoms with Crippen molar-refractivity contribution in [1.82, 2.24) is 14.7 Å². The fourth-order valence-electron chi connectivity index (χ4n) is 3.91. The van der Waals surface area contributed by atoms with Crippen LogP contribution in [0.1, 0.15) is 18.7 Å². The van der Waals surface area contributed by atoms with E-state index in [1.165, 1.54) is 18.2 Å². The second kappa shape index (κ2) is 8.27. The number of rotatable bonds is 5. The van der Waals surface area contributed by atoms with Gasteiger partial charge >= 0.3 is 0 Å². The van der Waals surface area contributed by atoms with Gasteiger partial charge in [0.15, 0.2) is 0 Å². The van der Waals surface area contributed by atoms with Crippen molar-refractivity contribution < 1.29 is 12.8 Å². The summed E-state index contributed by atoms with van der Waals surface area (Å²) >= 11 is 0. The van der Waals surface area contributed by atoms with E-state index in [-0.39, 0.29) is 27.7 Å². The predicted octanol–water partition coefficient (Wildman–Crippen LogP) is 2.36. The molecule has 0 saturated carbocycles. The van der Waals surface area contributed by atoms with Crippen molar-refractivity contribution in [2.45, 2.75) is 30.7 Å². The minimum atomic E-state index is -3.88. The molecule has 2 aromatic carbocycles. The Labute approximate surface area is 179 Å². The van der Waals surface area contributed by atoms with Crippen LogP contribution in [-0.2, 0) is 10.0 Å². The minimum Gasteiger partial charge on any atom is -0.387 e. The van der Waals surface area contributed by atoms with Gasteiger partial charge in [-0.1, -0.05) is 6.07 Å². The number of aryl methyl sites for hydroxylation is 1. The Balaban J connectivity index is 1.55. The van der Waals surface area contributed by atoms with Crippen LogP contribution in [0.5, 0.6) is 0 Å². The van der Waals surface area contributed by atoms with Gasteiger partial charge in [-0.3, -0.25) is 4.79 Å². The van der Waals surface area contributed by atoms with Crippen molar-refractivity contribution in [3.63, 3.8) is 0 Å². The zero-order valence-electron chi connectivity index (χ0n) is 17.3. The van der Waals surface area contributed by atoms with Crippen LogP contribution in [-0.4, -0.2) is 44.6 Å². The largest absolute Gasteiger partial charge is 0.387 e. The van der Waals surface area contributed by atoms with Gasteiger partial charge in [0.05, 0.1) is 16.6 Å². The molecule has 4 rings (SSSR count). The zero-order valence-corrected chi connectivity index (χ0v) is 18.1. The average Bonchev–Trinajstić information content (AvgIpc) is 2.73. The molecule has 1 saturated heterocycles. The van der Waals surface area contributed by atoms with Gasteiger partial charge in [0, 0.05) is 31.9 Å². The highest BCUT2D eigenvalue weighted by Crippen LogP contribution is 2.27. The molecule has 3 aromatic rings. The molecule has 0 radical (unpaired) electrons. The number of halogens is 1. The first kappa shape index (κ1) is 21.3. The fraction of sp³-hybridized carbons (Fsp3) is 0.333. The van der Waals surface area contributed by atoms with Crippen molar-refractivity contribution in [1.29, 1.82) is 0 Å². The fourth-order valence-corrected chi connectivity index (χ4v) is 5.44. The van der Waals surface area contributed by atoms with Crippen molar-refractivity contribution in [3.8, 4) is 0 Å². The van der Waals surface area contributed by atoms with Crippen LogP contribution < -0.4 is 20.5 Å². The Morgan fingerprint density at radius 2 is 1.94 bits per heavy atom. The lowest BCUT2D eigenvalue weighted by Crippen LogP contribution is -2.44. The smallest absolute Gasteiger partial charge is 0.258 e. The molecule has 10 heteroatoms. The van der Waals surface area contributed by atoms with Gasteiger partial charge in [0.1, 0.15) is 16.5 Å². The molecule has 164 valence electrons. The normalized spacial score (nSPS) is 15.4. The lowest BCUT2D eigenvalue weighted by molar-refractivity contribution is 0.460. The summed E-state index contributed by atoms with van der Waals surface area (Å²) in [5.41, 5.74) is 1.20. The Bertz CT molecular complexity index is 1280. The molecule has 8 nitrogen and oxygen atoms in total. The molecule has 1 aliphatic heterocycles. The van der Waals surface area contributed by atoms with Crippen molar-refractivity contribution in [2.24, 2.45) is 0 Å². The number of aromatic nitrogens is 2. The van der Waals surface area contributed by atoms with Crippen molar-refractivity contribution in [2.75, 3.05) is 30.4 Å². The lowest BCUT2D eigenvalue weighted by Gasteiger charge is -2.34. The highest BCUT2D eigenvalue weighted by molar-refractivity contribution is 7.89. The van der Waals surface area contributed by atoms with Gasteiger partial charge in [0.25, 0.3) is 5.56 Å². The summed E-state index contributed by atoms with van der Waals surface area (Å²) in [6.45, 7) is 2.88. The molecule has 0 bridgehead atoms. The molecule has 0 atom stereocenters. The van der Waals surface area contributed by atoms with Crippen molar-refractivity contribution in [3.05, 3.63) is 58.4 Å². The highest BCUT2D eigenvalue weighted by atomic mass is 32.2. The summed E-state index contributed by atoms with van der Waals surface area (Å²) in [5, 5.41) is 3.10. The first-order chi connectivity index (χ1) is 14.8. The number of benzene rings is 2. The van der Waals surface area contributed by atoms with E-state index in [9.17, 15) is 17.6 Å². The summed E-state index contributed by atoms with van der Waals surface area (Å²) in [6, 6.07) is 9.05. The molecule has 31 heavy (non-hydrogen) atoms. The van der Waals surface area contributed by atoms with Crippen LogP contribution in [0.15, 0.2) is 46.1 Å². The summed E-state index contributed by atoms with van der Waals surface area (Å²) in [6.07, 6.45) is 1.17. The predicted molar refractivity (Wildman–Crippen MR) is 119 cm³/mol. The first-order valence-electron chi connectivity index (χ1n) is 10.0. The number of nitrogens with one attached hydrogen (secondary N) is 3. The van der Waals surface area contributed by atoms with E-state index < -0.39 is 10.0 Å². The molecule has 0 aliphatic carbocycles. The summed E-state index contributed by atoms with van der Waals surface area (Å²) in [7, 11) is -2.26. The second-order valence-corrected chi connectivity index (χ2v) is 9.31. The number of H-pyrrole nitrogens is 1. The van der Waals surface area contributed by atoms with E-state index in [1.807, 2.05) is 11.0 Å². The molecule has 2 heterocycles. The Morgan fingerprint density at radius 1 is 1.19 bits per heavy atom. The van der Waals surface area contributed by atoms with Gasteiger partial charge in [-0.05, 0) is 50.1 Å².